The van der Waals surface area contributed by atoms with Gasteiger partial charge < -0.3 is 14.4 Å². The van der Waals surface area contributed by atoms with Crippen molar-refractivity contribution in [1.29, 1.82) is 0 Å². The Kier molecular flexibility index (Phi) is 6.34. The third-order valence-electron chi connectivity index (χ3n) is 4.85. The maximum absolute atomic E-state index is 13.0. The van der Waals surface area contributed by atoms with Gasteiger partial charge in [0.15, 0.2) is 22.4 Å². The van der Waals surface area contributed by atoms with Gasteiger partial charge in [-0.15, -0.1) is 11.3 Å². The summed E-state index contributed by atoms with van der Waals surface area (Å²) in [6.45, 7) is 2.65. The van der Waals surface area contributed by atoms with Crippen LogP contribution in [0.1, 0.15) is 28.1 Å². The van der Waals surface area contributed by atoms with E-state index in [2.05, 4.69) is 9.88 Å². The molecule has 0 bridgehead atoms. The summed E-state index contributed by atoms with van der Waals surface area (Å²) in [5.41, 5.74) is 0.687. The fraction of sp³-hybridized carbons (Fsp3) is 0.500. The highest BCUT2D eigenvalue weighted by Crippen LogP contribution is 2.30. The number of anilines is 1. The Bertz CT molecular complexity index is 791. The van der Waals surface area contributed by atoms with Crippen molar-refractivity contribution in [2.24, 2.45) is 5.92 Å². The van der Waals surface area contributed by atoms with Gasteiger partial charge in [0.1, 0.15) is 0 Å². The first-order valence-electron chi connectivity index (χ1n) is 9.12. The lowest BCUT2D eigenvalue weighted by Gasteiger charge is -2.31. The van der Waals surface area contributed by atoms with Crippen LogP contribution in [-0.4, -0.2) is 57.1 Å². The summed E-state index contributed by atoms with van der Waals surface area (Å²) in [5, 5.41) is 1.01. The van der Waals surface area contributed by atoms with Crippen LogP contribution >= 0.6 is 11.3 Å². The average molecular weight is 390 g/mol. The molecule has 27 heavy (non-hydrogen) atoms. The number of Topliss-reactive ketones (excluding diaryl/α,β-unsaturated/α-hetero) is 1. The van der Waals surface area contributed by atoms with Crippen LogP contribution in [0.15, 0.2) is 24.4 Å². The third-order valence-corrected chi connectivity index (χ3v) is 6.00. The number of benzene rings is 1. The molecule has 1 atom stereocenters. The van der Waals surface area contributed by atoms with Crippen LogP contribution in [0.4, 0.5) is 5.13 Å². The predicted molar refractivity (Wildman–Crippen MR) is 108 cm³/mol. The van der Waals surface area contributed by atoms with Crippen LogP contribution in [0.5, 0.6) is 11.5 Å². The Morgan fingerprint density at radius 1 is 1.30 bits per heavy atom. The second kappa shape index (κ2) is 8.71. The normalized spacial score (nSPS) is 17.6. The second-order valence-corrected chi connectivity index (χ2v) is 8.11. The summed E-state index contributed by atoms with van der Waals surface area (Å²) in [6, 6.07) is 5.41. The topological polar surface area (TPSA) is 54.9 Å². The smallest absolute Gasteiger partial charge is 0.185 e. The van der Waals surface area contributed by atoms with Crippen molar-refractivity contribution in [3.63, 3.8) is 0 Å². The first-order chi connectivity index (χ1) is 13.0. The molecule has 0 N–H and O–H groups in total. The summed E-state index contributed by atoms with van der Waals surface area (Å²) in [7, 11) is 7.19. The van der Waals surface area contributed by atoms with Crippen LogP contribution in [0.3, 0.4) is 0 Å². The average Bonchev–Trinajstić information content (AvgIpc) is 3.16. The number of hydrogen-bond acceptors (Lipinski definition) is 7. The molecule has 1 aromatic carbocycles. The highest BCUT2D eigenvalue weighted by atomic mass is 32.1. The number of ether oxygens (including phenoxy) is 2. The fourth-order valence-corrected chi connectivity index (χ4v) is 4.31. The van der Waals surface area contributed by atoms with E-state index in [1.165, 1.54) is 4.88 Å². The van der Waals surface area contributed by atoms with Crippen LogP contribution < -0.4 is 14.4 Å². The molecule has 2 heterocycles. The van der Waals surface area contributed by atoms with Crippen molar-refractivity contribution in [2.75, 3.05) is 46.3 Å². The van der Waals surface area contributed by atoms with Gasteiger partial charge in [0.05, 0.1) is 14.2 Å². The molecule has 1 saturated heterocycles. The lowest BCUT2D eigenvalue weighted by molar-refractivity contribution is 0.0812. The molecule has 1 aromatic heterocycles. The van der Waals surface area contributed by atoms with E-state index >= 15 is 0 Å². The maximum Gasteiger partial charge on any atom is 0.185 e. The maximum atomic E-state index is 13.0. The van der Waals surface area contributed by atoms with E-state index in [9.17, 15) is 4.79 Å². The molecule has 2 aromatic rings. The summed E-state index contributed by atoms with van der Waals surface area (Å²) in [6.07, 6.45) is 3.90. The van der Waals surface area contributed by atoms with Crippen LogP contribution in [0.25, 0.3) is 0 Å². The van der Waals surface area contributed by atoms with Gasteiger partial charge in [-0.2, -0.15) is 0 Å². The lowest BCUT2D eigenvalue weighted by Crippen LogP contribution is -2.38. The molecular formula is C20H27N3O3S. The van der Waals surface area contributed by atoms with Crippen LogP contribution in [0, 0.1) is 5.92 Å². The minimum atomic E-state index is 0.0121. The van der Waals surface area contributed by atoms with Crippen LogP contribution in [0.2, 0.25) is 0 Å². The quantitative estimate of drug-likeness (QED) is 0.677. The van der Waals surface area contributed by atoms with Crippen molar-refractivity contribution >= 4 is 22.3 Å². The van der Waals surface area contributed by atoms with Crippen molar-refractivity contribution in [3.8, 4) is 11.5 Å². The molecule has 6 nitrogen and oxygen atoms in total. The number of carbonyl (C=O) groups excluding carboxylic acids is 1. The Hall–Kier alpha value is -2.12. The number of rotatable bonds is 7. The number of ketones is 1. The first kappa shape index (κ1) is 19.6. The van der Waals surface area contributed by atoms with Gasteiger partial charge >= 0.3 is 0 Å². The lowest BCUT2D eigenvalue weighted by atomic mass is 9.90. The van der Waals surface area contributed by atoms with Gasteiger partial charge in [-0.1, -0.05) is 0 Å². The summed E-state index contributed by atoms with van der Waals surface area (Å²) >= 11 is 1.71. The molecule has 1 aliphatic rings. The number of piperidine rings is 1. The van der Waals surface area contributed by atoms with Gasteiger partial charge in [0.2, 0.25) is 0 Å². The first-order valence-corrected chi connectivity index (χ1v) is 9.94. The van der Waals surface area contributed by atoms with Crippen LogP contribution in [-0.2, 0) is 6.54 Å². The zero-order valence-electron chi connectivity index (χ0n) is 16.4. The number of likely N-dealkylation sites (tertiary alicyclic amines) is 1. The molecule has 3 rings (SSSR count). The second-order valence-electron chi connectivity index (χ2n) is 7.01. The molecule has 1 aliphatic heterocycles. The Balaban J connectivity index is 1.67. The molecule has 146 valence electrons. The monoisotopic (exact) mass is 389 g/mol. The van der Waals surface area contributed by atoms with E-state index in [1.807, 2.05) is 31.3 Å². The molecule has 0 radical (unpaired) electrons. The van der Waals surface area contributed by atoms with Gasteiger partial charge in [-0.25, -0.2) is 4.98 Å². The summed E-state index contributed by atoms with van der Waals surface area (Å²) in [5.74, 6) is 1.43. The molecule has 0 saturated carbocycles. The number of nitrogens with zero attached hydrogens (tertiary/aromatic N) is 3. The minimum absolute atomic E-state index is 0.0121. The fourth-order valence-electron chi connectivity index (χ4n) is 3.44. The number of thiazole rings is 1. The number of hydrogen-bond donors (Lipinski definition) is 0. The van der Waals surface area contributed by atoms with Crippen molar-refractivity contribution in [2.45, 2.75) is 19.4 Å². The van der Waals surface area contributed by atoms with E-state index in [4.69, 9.17) is 9.47 Å². The SMILES string of the molecule is COc1ccc(C(=O)C2CCCN(Cc3cnc(N(C)C)s3)C2)cc1OC. The molecule has 1 unspecified atom stereocenters. The molecule has 0 aliphatic carbocycles. The van der Waals surface area contributed by atoms with E-state index in [0.717, 1.165) is 37.6 Å². The van der Waals surface area contributed by atoms with Gasteiger partial charge in [0, 0.05) is 49.7 Å². The van der Waals surface area contributed by atoms with Gasteiger partial charge in [-0.05, 0) is 37.6 Å². The molecule has 0 amide bonds. The van der Waals surface area contributed by atoms with Gasteiger partial charge in [0.25, 0.3) is 0 Å². The Morgan fingerprint density at radius 2 is 2.07 bits per heavy atom. The Morgan fingerprint density at radius 3 is 2.74 bits per heavy atom. The third kappa shape index (κ3) is 4.59. The van der Waals surface area contributed by atoms with Gasteiger partial charge in [-0.3, -0.25) is 9.69 Å². The molecule has 1 fully saturated rings. The van der Waals surface area contributed by atoms with E-state index in [0.29, 0.717) is 17.1 Å². The summed E-state index contributed by atoms with van der Waals surface area (Å²) in [4.78, 5) is 23.1. The highest BCUT2D eigenvalue weighted by Gasteiger charge is 2.27. The van der Waals surface area contributed by atoms with E-state index in [1.54, 1.807) is 37.7 Å². The predicted octanol–water partition coefficient (Wildman–Crippen LogP) is 3.32. The number of aromatic nitrogens is 1. The Labute approximate surface area is 164 Å². The zero-order chi connectivity index (χ0) is 19.4. The van der Waals surface area contributed by atoms with E-state index < -0.39 is 0 Å². The zero-order valence-corrected chi connectivity index (χ0v) is 17.2. The van der Waals surface area contributed by atoms with Crippen molar-refractivity contribution in [1.82, 2.24) is 9.88 Å². The van der Waals surface area contributed by atoms with Crippen molar-refractivity contribution in [3.05, 3.63) is 34.8 Å². The summed E-state index contributed by atoms with van der Waals surface area (Å²) < 4.78 is 10.6. The van der Waals surface area contributed by atoms with Crippen molar-refractivity contribution < 1.29 is 14.3 Å². The molecule has 0 spiro atoms. The highest BCUT2D eigenvalue weighted by molar-refractivity contribution is 7.15. The minimum Gasteiger partial charge on any atom is -0.493 e. The number of methoxy groups -OCH3 is 2. The molecule has 7 heteroatoms. The molecular weight excluding hydrogens is 362 g/mol. The number of carbonyl (C=O) groups is 1. The standard InChI is InChI=1S/C20H27N3O3S/c1-22(2)20-21-11-16(27-20)13-23-9-5-6-15(12-23)19(24)14-7-8-17(25-3)18(10-14)26-4/h7-8,10-11,15H,5-6,9,12-13H2,1-4H3. The largest absolute Gasteiger partial charge is 0.493 e. The van der Waals surface area contributed by atoms with E-state index in [-0.39, 0.29) is 11.7 Å².